The van der Waals surface area contributed by atoms with Gasteiger partial charge in [-0.3, -0.25) is 14.4 Å². The second-order valence-corrected chi connectivity index (χ2v) is 7.10. The molecule has 1 aromatic heterocycles. The van der Waals surface area contributed by atoms with E-state index in [4.69, 9.17) is 0 Å². The fraction of sp³-hybridized carbons (Fsp3) is 0.316. The van der Waals surface area contributed by atoms with Crippen LogP contribution in [0, 0.1) is 0 Å². The maximum absolute atomic E-state index is 12.3. The lowest BCUT2D eigenvalue weighted by molar-refractivity contribution is -0.131. The van der Waals surface area contributed by atoms with Gasteiger partial charge in [0.15, 0.2) is 0 Å². The molecule has 2 heterocycles. The van der Waals surface area contributed by atoms with E-state index in [0.717, 1.165) is 12.8 Å². The van der Waals surface area contributed by atoms with Crippen molar-refractivity contribution in [1.29, 1.82) is 0 Å². The smallest absolute Gasteiger partial charge is 0.261 e. The Morgan fingerprint density at radius 1 is 1.00 bits per heavy atom. The molecule has 0 atom stereocenters. The van der Waals surface area contributed by atoms with Crippen LogP contribution in [0.3, 0.4) is 0 Å². The number of piperidine rings is 1. The van der Waals surface area contributed by atoms with Gasteiger partial charge in [-0.15, -0.1) is 11.3 Å². The largest absolute Gasteiger partial charge is 0.348 e. The normalized spacial score (nSPS) is 14.7. The number of likely N-dealkylation sites (tertiary alicyclic amines) is 1. The van der Waals surface area contributed by atoms with Crippen LogP contribution < -0.4 is 10.6 Å². The molecule has 1 aliphatic heterocycles. The first kappa shape index (κ1) is 18.1. The molecule has 0 saturated carbocycles. The third kappa shape index (κ3) is 4.70. The maximum atomic E-state index is 12.3. The van der Waals surface area contributed by atoms with Crippen molar-refractivity contribution in [1.82, 2.24) is 15.5 Å². The fourth-order valence-electron chi connectivity index (χ4n) is 2.90. The van der Waals surface area contributed by atoms with Crippen molar-refractivity contribution in [2.75, 3.05) is 19.6 Å². The van der Waals surface area contributed by atoms with Crippen molar-refractivity contribution in [3.8, 4) is 0 Å². The summed E-state index contributed by atoms with van der Waals surface area (Å²) in [6, 6.07) is 12.6. The van der Waals surface area contributed by atoms with Gasteiger partial charge in [-0.25, -0.2) is 0 Å². The van der Waals surface area contributed by atoms with Crippen LogP contribution in [-0.4, -0.2) is 48.3 Å². The van der Waals surface area contributed by atoms with Gasteiger partial charge in [0, 0.05) is 24.7 Å². The Bertz CT molecular complexity index is 754. The van der Waals surface area contributed by atoms with E-state index in [1.54, 1.807) is 35.2 Å². The van der Waals surface area contributed by atoms with Gasteiger partial charge in [-0.1, -0.05) is 24.3 Å². The first-order valence-corrected chi connectivity index (χ1v) is 9.47. The monoisotopic (exact) mass is 371 g/mol. The molecule has 1 fully saturated rings. The molecule has 0 aliphatic carbocycles. The van der Waals surface area contributed by atoms with Gasteiger partial charge in [-0.05, 0) is 36.4 Å². The van der Waals surface area contributed by atoms with E-state index in [1.165, 1.54) is 11.3 Å². The van der Waals surface area contributed by atoms with Crippen molar-refractivity contribution in [2.45, 2.75) is 18.9 Å². The molecule has 0 unspecified atom stereocenters. The summed E-state index contributed by atoms with van der Waals surface area (Å²) in [5.41, 5.74) is 0.537. The highest BCUT2D eigenvalue weighted by Gasteiger charge is 2.24. The molecule has 136 valence electrons. The summed E-state index contributed by atoms with van der Waals surface area (Å²) < 4.78 is 0. The van der Waals surface area contributed by atoms with Crippen LogP contribution in [0.15, 0.2) is 47.8 Å². The molecule has 26 heavy (non-hydrogen) atoms. The van der Waals surface area contributed by atoms with Crippen LogP contribution in [0.5, 0.6) is 0 Å². The number of hydrogen-bond donors (Lipinski definition) is 2. The van der Waals surface area contributed by atoms with Crippen LogP contribution in [0.2, 0.25) is 0 Å². The van der Waals surface area contributed by atoms with E-state index in [2.05, 4.69) is 10.6 Å². The molecule has 0 spiro atoms. The number of thiophene rings is 1. The Morgan fingerprint density at radius 3 is 2.38 bits per heavy atom. The minimum absolute atomic E-state index is 0.0139. The third-order valence-electron chi connectivity index (χ3n) is 4.36. The molecule has 1 aliphatic rings. The maximum Gasteiger partial charge on any atom is 0.261 e. The molecule has 0 radical (unpaired) electrons. The number of nitrogens with one attached hydrogen (secondary N) is 2. The van der Waals surface area contributed by atoms with Crippen molar-refractivity contribution in [3.63, 3.8) is 0 Å². The molecule has 3 rings (SSSR count). The number of carbonyl (C=O) groups is 3. The second kappa shape index (κ2) is 8.62. The lowest BCUT2D eigenvalue weighted by atomic mass is 10.0. The Morgan fingerprint density at radius 2 is 1.73 bits per heavy atom. The zero-order valence-electron chi connectivity index (χ0n) is 14.3. The van der Waals surface area contributed by atoms with Gasteiger partial charge >= 0.3 is 0 Å². The van der Waals surface area contributed by atoms with Gasteiger partial charge in [0.1, 0.15) is 0 Å². The number of benzene rings is 1. The van der Waals surface area contributed by atoms with Gasteiger partial charge in [0.05, 0.1) is 11.4 Å². The predicted octanol–water partition coefficient (Wildman–Crippen LogP) is 1.90. The van der Waals surface area contributed by atoms with E-state index in [-0.39, 0.29) is 30.3 Å². The van der Waals surface area contributed by atoms with Crippen LogP contribution in [-0.2, 0) is 4.79 Å². The molecule has 2 N–H and O–H groups in total. The summed E-state index contributed by atoms with van der Waals surface area (Å²) in [5, 5.41) is 7.55. The van der Waals surface area contributed by atoms with E-state index in [9.17, 15) is 14.4 Å². The van der Waals surface area contributed by atoms with Crippen LogP contribution in [0.4, 0.5) is 0 Å². The topological polar surface area (TPSA) is 78.5 Å². The zero-order valence-corrected chi connectivity index (χ0v) is 15.1. The average molecular weight is 371 g/mol. The highest BCUT2D eigenvalue weighted by Crippen LogP contribution is 2.13. The molecule has 2 aromatic rings. The van der Waals surface area contributed by atoms with E-state index < -0.39 is 0 Å². The predicted molar refractivity (Wildman–Crippen MR) is 100 cm³/mol. The average Bonchev–Trinajstić information content (AvgIpc) is 3.22. The van der Waals surface area contributed by atoms with Crippen LogP contribution >= 0.6 is 11.3 Å². The highest BCUT2D eigenvalue weighted by atomic mass is 32.1. The van der Waals surface area contributed by atoms with Crippen molar-refractivity contribution < 1.29 is 14.4 Å². The number of hydrogen-bond acceptors (Lipinski definition) is 4. The molecule has 0 bridgehead atoms. The van der Waals surface area contributed by atoms with Gasteiger partial charge < -0.3 is 15.5 Å². The minimum atomic E-state index is -0.253. The molecule has 1 saturated heterocycles. The molecule has 3 amide bonds. The number of rotatable bonds is 5. The van der Waals surface area contributed by atoms with Crippen LogP contribution in [0.1, 0.15) is 32.9 Å². The van der Waals surface area contributed by atoms with Crippen molar-refractivity contribution in [3.05, 3.63) is 58.3 Å². The number of carbonyl (C=O) groups excluding carboxylic acids is 3. The minimum Gasteiger partial charge on any atom is -0.348 e. The number of nitrogens with zero attached hydrogens (tertiary/aromatic N) is 1. The van der Waals surface area contributed by atoms with Crippen molar-refractivity contribution >= 4 is 29.1 Å². The summed E-state index contributed by atoms with van der Waals surface area (Å²) in [7, 11) is 0. The third-order valence-corrected chi connectivity index (χ3v) is 5.23. The molecule has 7 heteroatoms. The van der Waals surface area contributed by atoms with Crippen molar-refractivity contribution in [2.24, 2.45) is 0 Å². The number of amides is 3. The Balaban J connectivity index is 1.41. The summed E-state index contributed by atoms with van der Waals surface area (Å²) in [6.07, 6.45) is 1.44. The SMILES string of the molecule is O=C(NCC(=O)N1CCC(NC(=O)c2cccs2)CC1)c1ccccc1. The van der Waals surface area contributed by atoms with E-state index in [0.29, 0.717) is 23.5 Å². The summed E-state index contributed by atoms with van der Waals surface area (Å²) in [4.78, 5) is 38.8. The molecular formula is C19H21N3O3S. The summed E-state index contributed by atoms with van der Waals surface area (Å²) in [5.74, 6) is -0.408. The second-order valence-electron chi connectivity index (χ2n) is 6.15. The first-order valence-electron chi connectivity index (χ1n) is 8.59. The van der Waals surface area contributed by atoms with E-state index >= 15 is 0 Å². The standard InChI is InChI=1S/C19H21N3O3S/c23-17(13-20-18(24)14-5-2-1-3-6-14)22-10-8-15(9-11-22)21-19(25)16-7-4-12-26-16/h1-7,12,15H,8-11,13H2,(H,20,24)(H,21,25). The Hall–Kier alpha value is -2.67. The summed E-state index contributed by atoms with van der Waals surface area (Å²) >= 11 is 1.42. The Kier molecular flexibility index (Phi) is 6.01. The lowest BCUT2D eigenvalue weighted by Gasteiger charge is -2.32. The molecular weight excluding hydrogens is 350 g/mol. The molecule has 6 nitrogen and oxygen atoms in total. The lowest BCUT2D eigenvalue weighted by Crippen LogP contribution is -2.48. The van der Waals surface area contributed by atoms with Gasteiger partial charge in [0.2, 0.25) is 5.91 Å². The zero-order chi connectivity index (χ0) is 18.4. The molecule has 1 aromatic carbocycles. The van der Waals surface area contributed by atoms with Gasteiger partial charge in [-0.2, -0.15) is 0 Å². The summed E-state index contributed by atoms with van der Waals surface area (Å²) in [6.45, 7) is 1.14. The van der Waals surface area contributed by atoms with Gasteiger partial charge in [0.25, 0.3) is 11.8 Å². The van der Waals surface area contributed by atoms with Crippen LogP contribution in [0.25, 0.3) is 0 Å². The highest BCUT2D eigenvalue weighted by molar-refractivity contribution is 7.12. The Labute approximate surface area is 156 Å². The fourth-order valence-corrected chi connectivity index (χ4v) is 3.52. The first-order chi connectivity index (χ1) is 12.6. The van der Waals surface area contributed by atoms with E-state index in [1.807, 2.05) is 17.5 Å². The quantitative estimate of drug-likeness (QED) is 0.843.